The van der Waals surface area contributed by atoms with E-state index in [2.05, 4.69) is 20.8 Å². The summed E-state index contributed by atoms with van der Waals surface area (Å²) in [5.41, 5.74) is 0.883. The van der Waals surface area contributed by atoms with E-state index in [1.54, 1.807) is 13.0 Å². The van der Waals surface area contributed by atoms with Gasteiger partial charge in [0.2, 0.25) is 0 Å². The molecule has 0 bridgehead atoms. The van der Waals surface area contributed by atoms with Crippen LogP contribution in [0.3, 0.4) is 0 Å². The van der Waals surface area contributed by atoms with Crippen molar-refractivity contribution < 1.29 is 8.42 Å². The molecule has 1 fully saturated rings. The zero-order valence-electron chi connectivity index (χ0n) is 11.9. The average molecular weight is 360 g/mol. The van der Waals surface area contributed by atoms with Gasteiger partial charge in [-0.25, -0.2) is 8.42 Å². The number of hydrogen-bond acceptors (Lipinski definition) is 3. The van der Waals surface area contributed by atoms with E-state index in [4.69, 9.17) is 0 Å². The molecule has 1 aliphatic heterocycles. The highest BCUT2D eigenvalue weighted by atomic mass is 79.9. The Bertz CT molecular complexity index is 543. The molecule has 0 aromatic heterocycles. The molecule has 0 spiro atoms. The molecule has 3 nitrogen and oxygen atoms in total. The predicted octanol–water partition coefficient (Wildman–Crippen LogP) is 3.48. The van der Waals surface area contributed by atoms with Crippen molar-refractivity contribution in [1.29, 1.82) is 0 Å². The van der Waals surface area contributed by atoms with Gasteiger partial charge >= 0.3 is 0 Å². The lowest BCUT2D eigenvalue weighted by molar-refractivity contribution is 0.406. The fourth-order valence-corrected chi connectivity index (χ4v) is 4.57. The summed E-state index contributed by atoms with van der Waals surface area (Å²) >= 11 is 3.50. The summed E-state index contributed by atoms with van der Waals surface area (Å²) in [6, 6.07) is 7.42. The molecule has 2 rings (SSSR count). The minimum Gasteiger partial charge on any atom is -0.370 e. The lowest BCUT2D eigenvalue weighted by Crippen LogP contribution is -2.36. The summed E-state index contributed by atoms with van der Waals surface area (Å²) < 4.78 is 24.5. The number of para-hydroxylation sites is 1. The highest BCUT2D eigenvalue weighted by Gasteiger charge is 2.24. The first kappa shape index (κ1) is 15.8. The Balaban J connectivity index is 2.29. The molecular formula is C15H22BrNO2S. The summed E-state index contributed by atoms with van der Waals surface area (Å²) in [4.78, 5) is 2.74. The lowest BCUT2D eigenvalue weighted by atomic mass is 9.95. The Kier molecular flexibility index (Phi) is 5.49. The van der Waals surface area contributed by atoms with Gasteiger partial charge in [-0.3, -0.25) is 0 Å². The van der Waals surface area contributed by atoms with Crippen LogP contribution >= 0.6 is 15.9 Å². The standard InChI is InChI=1S/C15H22BrNO2S/c1-2-20(18,19)15-8-4-3-7-14(15)17-11-5-6-13(12-17)9-10-16/h3-4,7-8,13H,2,5-6,9-12H2,1H3. The van der Waals surface area contributed by atoms with Gasteiger partial charge in [0, 0.05) is 18.4 Å². The second-order valence-corrected chi connectivity index (χ2v) is 8.34. The van der Waals surface area contributed by atoms with Crippen molar-refractivity contribution in [3.8, 4) is 0 Å². The van der Waals surface area contributed by atoms with E-state index in [9.17, 15) is 8.42 Å². The number of sulfone groups is 1. The van der Waals surface area contributed by atoms with Crippen LogP contribution in [0.5, 0.6) is 0 Å². The van der Waals surface area contributed by atoms with E-state index in [-0.39, 0.29) is 5.75 Å². The van der Waals surface area contributed by atoms with Gasteiger partial charge in [0.25, 0.3) is 0 Å². The second-order valence-electron chi connectivity index (χ2n) is 5.30. The summed E-state index contributed by atoms with van der Waals surface area (Å²) in [6.45, 7) is 3.62. The first-order chi connectivity index (χ1) is 9.58. The molecule has 20 heavy (non-hydrogen) atoms. The van der Waals surface area contributed by atoms with Crippen molar-refractivity contribution >= 4 is 31.5 Å². The molecular weight excluding hydrogens is 338 g/mol. The summed E-state index contributed by atoms with van der Waals surface area (Å²) in [5.74, 6) is 0.809. The van der Waals surface area contributed by atoms with Crippen LogP contribution in [0.4, 0.5) is 5.69 Å². The number of anilines is 1. The lowest BCUT2D eigenvalue weighted by Gasteiger charge is -2.35. The van der Waals surface area contributed by atoms with Gasteiger partial charge in [-0.05, 0) is 37.3 Å². The van der Waals surface area contributed by atoms with Crippen molar-refractivity contribution in [2.75, 3.05) is 29.1 Å². The zero-order valence-corrected chi connectivity index (χ0v) is 14.3. The Morgan fingerprint density at radius 2 is 2.10 bits per heavy atom. The maximum atomic E-state index is 12.2. The van der Waals surface area contributed by atoms with Crippen LogP contribution in [0.25, 0.3) is 0 Å². The Morgan fingerprint density at radius 1 is 1.35 bits per heavy atom. The molecule has 5 heteroatoms. The van der Waals surface area contributed by atoms with Crippen LogP contribution in [-0.4, -0.2) is 32.6 Å². The van der Waals surface area contributed by atoms with Crippen molar-refractivity contribution in [1.82, 2.24) is 0 Å². The Morgan fingerprint density at radius 3 is 2.80 bits per heavy atom. The fraction of sp³-hybridized carbons (Fsp3) is 0.600. The largest absolute Gasteiger partial charge is 0.370 e. The maximum absolute atomic E-state index is 12.2. The van der Waals surface area contributed by atoms with Crippen molar-refractivity contribution in [3.63, 3.8) is 0 Å². The SMILES string of the molecule is CCS(=O)(=O)c1ccccc1N1CCCC(CCBr)C1. The Hall–Kier alpha value is -0.550. The topological polar surface area (TPSA) is 37.4 Å². The van der Waals surface area contributed by atoms with Gasteiger partial charge in [-0.2, -0.15) is 0 Å². The summed E-state index contributed by atoms with van der Waals surface area (Å²) in [7, 11) is -3.16. The normalized spacial score (nSPS) is 20.1. The van der Waals surface area contributed by atoms with Gasteiger partial charge in [0.15, 0.2) is 9.84 Å². The molecule has 0 saturated carbocycles. The van der Waals surface area contributed by atoms with Gasteiger partial charge in [-0.15, -0.1) is 0 Å². The van der Waals surface area contributed by atoms with E-state index in [1.807, 2.05) is 18.2 Å². The minimum atomic E-state index is -3.16. The first-order valence-electron chi connectivity index (χ1n) is 7.21. The van der Waals surface area contributed by atoms with E-state index < -0.39 is 9.84 Å². The predicted molar refractivity (Wildman–Crippen MR) is 87.5 cm³/mol. The van der Waals surface area contributed by atoms with E-state index in [1.165, 1.54) is 6.42 Å². The smallest absolute Gasteiger partial charge is 0.180 e. The van der Waals surface area contributed by atoms with Gasteiger partial charge < -0.3 is 4.90 Å². The van der Waals surface area contributed by atoms with Gasteiger partial charge in [0.05, 0.1) is 16.3 Å². The van der Waals surface area contributed by atoms with Crippen LogP contribution in [0.1, 0.15) is 26.2 Å². The van der Waals surface area contributed by atoms with Crippen LogP contribution < -0.4 is 4.90 Å². The van der Waals surface area contributed by atoms with Crippen molar-refractivity contribution in [3.05, 3.63) is 24.3 Å². The molecule has 1 atom stereocenters. The number of halogens is 1. The molecule has 1 aliphatic rings. The molecule has 1 unspecified atom stereocenters. The molecule has 0 aliphatic carbocycles. The molecule has 0 amide bonds. The fourth-order valence-electron chi connectivity index (χ4n) is 2.81. The maximum Gasteiger partial charge on any atom is 0.180 e. The Labute approximate surface area is 130 Å². The van der Waals surface area contributed by atoms with Gasteiger partial charge in [0.1, 0.15) is 0 Å². The molecule has 0 N–H and O–H groups in total. The third kappa shape index (κ3) is 3.55. The number of hydrogen-bond donors (Lipinski definition) is 0. The zero-order chi connectivity index (χ0) is 14.6. The highest BCUT2D eigenvalue weighted by Crippen LogP contribution is 2.30. The monoisotopic (exact) mass is 359 g/mol. The summed E-state index contributed by atoms with van der Waals surface area (Å²) in [6.07, 6.45) is 3.53. The number of nitrogens with zero attached hydrogens (tertiary/aromatic N) is 1. The van der Waals surface area contributed by atoms with Crippen molar-refractivity contribution in [2.45, 2.75) is 31.1 Å². The molecule has 1 heterocycles. The third-order valence-corrected chi connectivity index (χ3v) is 6.19. The van der Waals surface area contributed by atoms with Crippen molar-refractivity contribution in [2.24, 2.45) is 5.92 Å². The quantitative estimate of drug-likeness (QED) is 0.755. The average Bonchev–Trinajstić information content (AvgIpc) is 2.48. The molecule has 1 aromatic rings. The van der Waals surface area contributed by atoms with Crippen LogP contribution in [0.15, 0.2) is 29.2 Å². The number of rotatable bonds is 5. The van der Waals surface area contributed by atoms with Gasteiger partial charge in [-0.1, -0.05) is 35.0 Å². The van der Waals surface area contributed by atoms with Crippen LogP contribution in [0, 0.1) is 5.92 Å². The van der Waals surface area contributed by atoms with Crippen LogP contribution in [0.2, 0.25) is 0 Å². The first-order valence-corrected chi connectivity index (χ1v) is 9.98. The van der Waals surface area contributed by atoms with E-state index in [0.717, 1.165) is 36.9 Å². The number of piperidine rings is 1. The number of benzene rings is 1. The summed E-state index contributed by atoms with van der Waals surface area (Å²) in [5, 5.41) is 1.01. The molecule has 112 valence electrons. The van der Waals surface area contributed by atoms with E-state index >= 15 is 0 Å². The third-order valence-electron chi connectivity index (χ3n) is 3.96. The minimum absolute atomic E-state index is 0.155. The number of alkyl halides is 1. The molecule has 1 aromatic carbocycles. The van der Waals surface area contributed by atoms with Crippen LogP contribution in [-0.2, 0) is 9.84 Å². The van der Waals surface area contributed by atoms with E-state index in [0.29, 0.717) is 10.8 Å². The molecule has 1 saturated heterocycles. The molecule has 0 radical (unpaired) electrons. The second kappa shape index (κ2) is 6.94. The highest BCUT2D eigenvalue weighted by molar-refractivity contribution is 9.09.